The first-order valence-corrected chi connectivity index (χ1v) is 12.2. The molecule has 0 saturated heterocycles. The number of benzene rings is 4. The smallest absolute Gasteiger partial charge is 0.356 e. The summed E-state index contributed by atoms with van der Waals surface area (Å²) in [6.45, 7) is 1.77. The molecule has 0 aliphatic heterocycles. The van der Waals surface area contributed by atoms with Crippen molar-refractivity contribution in [1.29, 1.82) is 0 Å². The first-order valence-electron chi connectivity index (χ1n) is 12.2. The van der Waals surface area contributed by atoms with Crippen LogP contribution in [0, 0.1) is 0 Å². The third-order valence-corrected chi connectivity index (χ3v) is 6.49. The van der Waals surface area contributed by atoms with E-state index in [4.69, 9.17) is 4.74 Å². The van der Waals surface area contributed by atoms with Crippen LogP contribution in [0.3, 0.4) is 0 Å². The summed E-state index contributed by atoms with van der Waals surface area (Å²) in [5, 5.41) is 6.06. The fraction of sp³-hybridized carbons (Fsp3) is 0.129. The number of esters is 1. The number of hydrogen-bond donors (Lipinski definition) is 1. The number of pyridine rings is 1. The Kier molecular flexibility index (Phi) is 6.56. The van der Waals surface area contributed by atoms with Crippen LogP contribution in [-0.4, -0.2) is 22.5 Å². The molecule has 1 amide bonds. The molecule has 5 rings (SSSR count). The van der Waals surface area contributed by atoms with Crippen molar-refractivity contribution in [2.24, 2.45) is 7.05 Å². The van der Waals surface area contributed by atoms with E-state index in [2.05, 4.69) is 5.32 Å². The SMILES string of the molecule is CCC(OC(=O)c1c(-c2ccccc2)c2ccccc2c(=O)n1C)C(=O)Nc1ccc2ccccc2c1. The second-order valence-electron chi connectivity index (χ2n) is 8.85. The predicted octanol–water partition coefficient (Wildman–Crippen LogP) is 5.93. The number of ether oxygens (including phenoxy) is 1. The number of anilines is 1. The van der Waals surface area contributed by atoms with Gasteiger partial charge in [0.2, 0.25) is 0 Å². The minimum absolute atomic E-state index is 0.104. The lowest BCUT2D eigenvalue weighted by Gasteiger charge is -2.20. The Hall–Kier alpha value is -4.71. The quantitative estimate of drug-likeness (QED) is 0.299. The maximum absolute atomic E-state index is 13.6. The third-order valence-electron chi connectivity index (χ3n) is 6.49. The van der Waals surface area contributed by atoms with E-state index < -0.39 is 18.0 Å². The molecule has 184 valence electrons. The first kappa shape index (κ1) is 24.0. The highest BCUT2D eigenvalue weighted by atomic mass is 16.5. The third kappa shape index (κ3) is 4.61. The van der Waals surface area contributed by atoms with Crippen LogP contribution in [0.15, 0.2) is 102 Å². The van der Waals surface area contributed by atoms with Crippen molar-refractivity contribution in [3.63, 3.8) is 0 Å². The number of aromatic nitrogens is 1. The van der Waals surface area contributed by atoms with Crippen molar-refractivity contribution in [1.82, 2.24) is 4.57 Å². The lowest BCUT2D eigenvalue weighted by Crippen LogP contribution is -2.34. The first-order chi connectivity index (χ1) is 18.0. The van der Waals surface area contributed by atoms with Gasteiger partial charge in [0.25, 0.3) is 11.5 Å². The Bertz CT molecular complexity index is 1690. The van der Waals surface area contributed by atoms with Crippen LogP contribution in [0.25, 0.3) is 32.7 Å². The zero-order valence-corrected chi connectivity index (χ0v) is 20.6. The van der Waals surface area contributed by atoms with Crippen LogP contribution in [0.4, 0.5) is 5.69 Å². The van der Waals surface area contributed by atoms with Gasteiger partial charge in [0.05, 0.1) is 0 Å². The van der Waals surface area contributed by atoms with E-state index in [0.717, 1.165) is 16.3 Å². The molecule has 5 aromatic rings. The van der Waals surface area contributed by atoms with Gasteiger partial charge in [0.1, 0.15) is 5.69 Å². The van der Waals surface area contributed by atoms with Gasteiger partial charge in [0, 0.05) is 23.7 Å². The summed E-state index contributed by atoms with van der Waals surface area (Å²) in [6, 6.07) is 30.0. The van der Waals surface area contributed by atoms with Gasteiger partial charge in [-0.05, 0) is 46.3 Å². The Balaban J connectivity index is 1.50. The van der Waals surface area contributed by atoms with Crippen molar-refractivity contribution in [3.8, 4) is 11.1 Å². The Labute approximate surface area is 214 Å². The lowest BCUT2D eigenvalue weighted by atomic mass is 9.97. The summed E-state index contributed by atoms with van der Waals surface area (Å²) in [7, 11) is 1.55. The molecule has 0 spiro atoms. The largest absolute Gasteiger partial charge is 0.448 e. The lowest BCUT2D eigenvalue weighted by molar-refractivity contribution is -0.124. The highest BCUT2D eigenvalue weighted by molar-refractivity contribution is 6.07. The summed E-state index contributed by atoms with van der Waals surface area (Å²) in [5.41, 5.74) is 1.77. The average Bonchev–Trinajstić information content (AvgIpc) is 2.93. The van der Waals surface area contributed by atoms with Crippen LogP contribution in [0.2, 0.25) is 0 Å². The average molecular weight is 491 g/mol. The maximum Gasteiger partial charge on any atom is 0.356 e. The molecule has 0 fully saturated rings. The van der Waals surface area contributed by atoms with Gasteiger partial charge in [-0.1, -0.05) is 85.8 Å². The van der Waals surface area contributed by atoms with E-state index in [1.165, 1.54) is 4.57 Å². The number of rotatable bonds is 6. The molecule has 1 aromatic heterocycles. The molecule has 6 heteroatoms. The van der Waals surface area contributed by atoms with Gasteiger partial charge < -0.3 is 14.6 Å². The topological polar surface area (TPSA) is 77.4 Å². The van der Waals surface area contributed by atoms with Gasteiger partial charge in [0.15, 0.2) is 6.10 Å². The number of amides is 1. The minimum Gasteiger partial charge on any atom is -0.448 e. The van der Waals surface area contributed by atoms with Crippen molar-refractivity contribution in [3.05, 3.63) is 113 Å². The highest BCUT2D eigenvalue weighted by Crippen LogP contribution is 2.31. The van der Waals surface area contributed by atoms with E-state index in [9.17, 15) is 14.4 Å². The van der Waals surface area contributed by atoms with Gasteiger partial charge in [-0.25, -0.2) is 4.79 Å². The summed E-state index contributed by atoms with van der Waals surface area (Å²) in [5.74, 6) is -1.16. The molecular weight excluding hydrogens is 464 g/mol. The zero-order valence-electron chi connectivity index (χ0n) is 20.6. The minimum atomic E-state index is -1.04. The van der Waals surface area contributed by atoms with Crippen LogP contribution < -0.4 is 10.9 Å². The molecule has 1 heterocycles. The van der Waals surface area contributed by atoms with Gasteiger partial charge in [-0.2, -0.15) is 0 Å². The number of nitrogens with zero attached hydrogens (tertiary/aromatic N) is 1. The molecule has 0 saturated carbocycles. The number of fused-ring (bicyclic) bond motifs is 2. The number of nitrogens with one attached hydrogen (secondary N) is 1. The second-order valence-corrected chi connectivity index (χ2v) is 8.85. The van der Waals surface area contributed by atoms with E-state index in [1.807, 2.05) is 84.9 Å². The molecular formula is C31H26N2O4. The molecule has 4 aromatic carbocycles. The van der Waals surface area contributed by atoms with E-state index in [0.29, 0.717) is 22.0 Å². The van der Waals surface area contributed by atoms with Crippen molar-refractivity contribution >= 4 is 39.1 Å². The van der Waals surface area contributed by atoms with Gasteiger partial charge in [-0.15, -0.1) is 0 Å². The van der Waals surface area contributed by atoms with Crippen molar-refractivity contribution in [2.75, 3.05) is 5.32 Å². The van der Waals surface area contributed by atoms with Crippen LogP contribution in [0.5, 0.6) is 0 Å². The van der Waals surface area contributed by atoms with Crippen LogP contribution in [0.1, 0.15) is 23.8 Å². The molecule has 0 aliphatic rings. The Morgan fingerprint density at radius 2 is 1.49 bits per heavy atom. The fourth-order valence-electron chi connectivity index (χ4n) is 4.60. The van der Waals surface area contributed by atoms with E-state index in [-0.39, 0.29) is 17.7 Å². The summed E-state index contributed by atoms with van der Waals surface area (Å²) in [6.07, 6.45) is -0.767. The van der Waals surface area contributed by atoms with Crippen molar-refractivity contribution in [2.45, 2.75) is 19.4 Å². The number of carbonyl (C=O) groups excluding carboxylic acids is 2. The fourth-order valence-corrected chi connectivity index (χ4v) is 4.60. The monoisotopic (exact) mass is 490 g/mol. The molecule has 0 radical (unpaired) electrons. The maximum atomic E-state index is 13.6. The molecule has 1 N–H and O–H groups in total. The van der Waals surface area contributed by atoms with Crippen LogP contribution >= 0.6 is 0 Å². The highest BCUT2D eigenvalue weighted by Gasteiger charge is 2.27. The predicted molar refractivity (Wildman–Crippen MR) is 147 cm³/mol. The van der Waals surface area contributed by atoms with Gasteiger partial charge in [-0.3, -0.25) is 9.59 Å². The van der Waals surface area contributed by atoms with Crippen LogP contribution in [-0.2, 0) is 16.6 Å². The summed E-state index contributed by atoms with van der Waals surface area (Å²) in [4.78, 5) is 39.9. The molecule has 0 aliphatic carbocycles. The normalized spacial score (nSPS) is 11.8. The molecule has 1 unspecified atom stereocenters. The summed E-state index contributed by atoms with van der Waals surface area (Å²) < 4.78 is 7.05. The zero-order chi connectivity index (χ0) is 25.9. The second kappa shape index (κ2) is 10.1. The molecule has 6 nitrogen and oxygen atoms in total. The summed E-state index contributed by atoms with van der Waals surface area (Å²) >= 11 is 0. The number of hydrogen-bond acceptors (Lipinski definition) is 4. The molecule has 1 atom stereocenters. The Morgan fingerprint density at radius 1 is 0.838 bits per heavy atom. The van der Waals surface area contributed by atoms with Crippen molar-refractivity contribution < 1.29 is 14.3 Å². The Morgan fingerprint density at radius 3 is 2.22 bits per heavy atom. The number of carbonyl (C=O) groups is 2. The standard InChI is InChI=1S/C31H26N2O4/c1-3-26(29(34)32-23-18-17-20-11-7-8-14-22(20)19-23)37-31(36)28-27(21-12-5-4-6-13-21)24-15-9-10-16-25(24)30(35)33(28)2/h4-19,26H,3H2,1-2H3,(H,32,34). The molecule has 0 bridgehead atoms. The molecule has 37 heavy (non-hydrogen) atoms. The van der Waals surface area contributed by atoms with E-state index >= 15 is 0 Å². The van der Waals surface area contributed by atoms with E-state index in [1.54, 1.807) is 26.1 Å². The van der Waals surface area contributed by atoms with Gasteiger partial charge >= 0.3 is 5.97 Å².